The van der Waals surface area contributed by atoms with Crippen LogP contribution < -0.4 is 14.8 Å². The molecule has 0 saturated carbocycles. The average molecular weight is 446 g/mol. The molecule has 1 fully saturated rings. The number of amides is 3. The molecule has 3 aromatic carbocycles. The lowest BCUT2D eigenvalue weighted by atomic mass is 10.1. The number of imide groups is 1. The van der Waals surface area contributed by atoms with Crippen LogP contribution in [-0.4, -0.2) is 43.6 Å². The van der Waals surface area contributed by atoms with Crippen molar-refractivity contribution in [2.24, 2.45) is 0 Å². The van der Waals surface area contributed by atoms with Gasteiger partial charge in [0, 0.05) is 0 Å². The summed E-state index contributed by atoms with van der Waals surface area (Å²) in [4.78, 5) is 36.7. The SMILES string of the molecule is COC(=O)CN1C(=O)N/C(=C/c2ccc(OCc3ccc4ccccc4c3)c(OC)c2)C1=O. The Morgan fingerprint density at radius 2 is 1.76 bits per heavy atom. The number of benzene rings is 3. The van der Waals surface area contributed by atoms with Crippen LogP contribution >= 0.6 is 0 Å². The molecule has 0 aromatic heterocycles. The molecule has 168 valence electrons. The van der Waals surface area contributed by atoms with Crippen LogP contribution in [0.3, 0.4) is 0 Å². The number of urea groups is 1. The van der Waals surface area contributed by atoms with Crippen molar-refractivity contribution >= 4 is 34.8 Å². The number of ether oxygens (including phenoxy) is 3. The van der Waals surface area contributed by atoms with Crippen molar-refractivity contribution < 1.29 is 28.6 Å². The Hall–Kier alpha value is -4.33. The number of methoxy groups -OCH3 is 2. The van der Waals surface area contributed by atoms with Gasteiger partial charge in [-0.05, 0) is 46.2 Å². The van der Waals surface area contributed by atoms with E-state index in [4.69, 9.17) is 9.47 Å². The number of nitrogens with zero attached hydrogens (tertiary/aromatic N) is 1. The third-order valence-corrected chi connectivity index (χ3v) is 5.18. The molecule has 0 aliphatic carbocycles. The molecule has 4 rings (SSSR count). The molecule has 0 bridgehead atoms. The maximum Gasteiger partial charge on any atom is 0.329 e. The molecule has 8 nitrogen and oxygen atoms in total. The van der Waals surface area contributed by atoms with Crippen molar-refractivity contribution in [1.29, 1.82) is 0 Å². The van der Waals surface area contributed by atoms with Gasteiger partial charge in [-0.25, -0.2) is 9.69 Å². The third kappa shape index (κ3) is 4.79. The molecule has 3 aromatic rings. The molecule has 3 amide bonds. The highest BCUT2D eigenvalue weighted by Gasteiger charge is 2.35. The van der Waals surface area contributed by atoms with Gasteiger partial charge in [0.25, 0.3) is 5.91 Å². The molecule has 1 heterocycles. The molecule has 1 aliphatic heterocycles. The van der Waals surface area contributed by atoms with E-state index in [9.17, 15) is 14.4 Å². The van der Waals surface area contributed by atoms with Crippen LogP contribution in [0.25, 0.3) is 16.8 Å². The summed E-state index contributed by atoms with van der Waals surface area (Å²) in [5, 5.41) is 4.76. The van der Waals surface area contributed by atoms with Gasteiger partial charge in [-0.3, -0.25) is 9.59 Å². The highest BCUT2D eigenvalue weighted by atomic mass is 16.5. The normalized spacial score (nSPS) is 14.5. The lowest BCUT2D eigenvalue weighted by Crippen LogP contribution is -2.36. The van der Waals surface area contributed by atoms with Gasteiger partial charge in [-0.2, -0.15) is 0 Å². The van der Waals surface area contributed by atoms with Gasteiger partial charge < -0.3 is 19.5 Å². The lowest BCUT2D eigenvalue weighted by Gasteiger charge is -2.12. The zero-order chi connectivity index (χ0) is 23.4. The summed E-state index contributed by atoms with van der Waals surface area (Å²) in [6, 6.07) is 18.8. The largest absolute Gasteiger partial charge is 0.493 e. The van der Waals surface area contributed by atoms with Gasteiger partial charge in [-0.15, -0.1) is 0 Å². The molecule has 8 heteroatoms. The lowest BCUT2D eigenvalue weighted by molar-refractivity contribution is -0.143. The van der Waals surface area contributed by atoms with E-state index in [1.165, 1.54) is 20.3 Å². The zero-order valence-corrected chi connectivity index (χ0v) is 18.2. The zero-order valence-electron chi connectivity index (χ0n) is 18.2. The summed E-state index contributed by atoms with van der Waals surface area (Å²) >= 11 is 0. The minimum absolute atomic E-state index is 0.0517. The molecule has 0 unspecified atom stereocenters. The van der Waals surface area contributed by atoms with E-state index in [1.807, 2.05) is 18.2 Å². The Kier molecular flexibility index (Phi) is 6.26. The number of carbonyl (C=O) groups excluding carboxylic acids is 3. The van der Waals surface area contributed by atoms with Crippen LogP contribution in [0.5, 0.6) is 11.5 Å². The molecule has 33 heavy (non-hydrogen) atoms. The number of nitrogens with one attached hydrogen (secondary N) is 1. The molecule has 0 atom stereocenters. The molecule has 0 spiro atoms. The van der Waals surface area contributed by atoms with E-state index >= 15 is 0 Å². The van der Waals surface area contributed by atoms with Crippen molar-refractivity contribution in [2.45, 2.75) is 6.61 Å². The quantitative estimate of drug-likeness (QED) is 0.339. The number of hydrogen-bond acceptors (Lipinski definition) is 6. The van der Waals surface area contributed by atoms with Crippen LogP contribution in [0, 0.1) is 0 Å². The fourth-order valence-corrected chi connectivity index (χ4v) is 3.46. The molecular formula is C25H22N2O6. The first kappa shape index (κ1) is 21.9. The summed E-state index contributed by atoms with van der Waals surface area (Å²) in [6.45, 7) is -0.0952. The van der Waals surface area contributed by atoms with E-state index < -0.39 is 24.5 Å². The predicted octanol–water partition coefficient (Wildman–Crippen LogP) is 3.49. The first-order chi connectivity index (χ1) is 16.0. The summed E-state index contributed by atoms with van der Waals surface area (Å²) in [6.07, 6.45) is 1.51. The van der Waals surface area contributed by atoms with Gasteiger partial charge in [0.05, 0.1) is 14.2 Å². The highest BCUT2D eigenvalue weighted by molar-refractivity contribution is 6.15. The topological polar surface area (TPSA) is 94.2 Å². The maximum atomic E-state index is 12.5. The van der Waals surface area contributed by atoms with Crippen LogP contribution in [0.4, 0.5) is 4.79 Å². The number of fused-ring (bicyclic) bond motifs is 1. The minimum atomic E-state index is -0.686. The number of hydrogen-bond donors (Lipinski definition) is 1. The molecule has 1 N–H and O–H groups in total. The molecule has 1 aliphatic rings. The first-order valence-electron chi connectivity index (χ1n) is 10.2. The summed E-state index contributed by atoms with van der Waals surface area (Å²) in [7, 11) is 2.71. The first-order valence-corrected chi connectivity index (χ1v) is 10.2. The average Bonchev–Trinajstić information content (AvgIpc) is 3.10. The third-order valence-electron chi connectivity index (χ3n) is 5.18. The summed E-state index contributed by atoms with van der Waals surface area (Å²) in [5.41, 5.74) is 1.69. The minimum Gasteiger partial charge on any atom is -0.493 e. The van der Waals surface area contributed by atoms with E-state index in [-0.39, 0.29) is 5.70 Å². The standard InChI is InChI=1S/C25H22N2O6/c1-31-22-13-16(12-20-24(29)27(25(30)26-20)14-23(28)32-2)8-10-21(22)33-15-17-7-9-18-5-3-4-6-19(18)11-17/h3-13H,14-15H2,1-2H3,(H,26,30)/b20-12+. The van der Waals surface area contributed by atoms with Gasteiger partial charge >= 0.3 is 12.0 Å². The molecule has 1 saturated heterocycles. The fourth-order valence-electron chi connectivity index (χ4n) is 3.46. The van der Waals surface area contributed by atoms with Crippen molar-refractivity contribution in [1.82, 2.24) is 10.2 Å². The number of esters is 1. The van der Waals surface area contributed by atoms with E-state index in [0.717, 1.165) is 21.2 Å². The smallest absolute Gasteiger partial charge is 0.329 e. The van der Waals surface area contributed by atoms with Crippen LogP contribution in [0.15, 0.2) is 66.4 Å². The van der Waals surface area contributed by atoms with Crippen molar-refractivity contribution in [3.05, 3.63) is 77.5 Å². The van der Waals surface area contributed by atoms with Gasteiger partial charge in [0.15, 0.2) is 11.5 Å². The Bertz CT molecular complexity index is 1270. The van der Waals surface area contributed by atoms with Gasteiger partial charge in [0.1, 0.15) is 18.8 Å². The van der Waals surface area contributed by atoms with E-state index in [2.05, 4.69) is 34.3 Å². The number of rotatable bonds is 7. The summed E-state index contributed by atoms with van der Waals surface area (Å²) < 4.78 is 15.9. The maximum absolute atomic E-state index is 12.5. The van der Waals surface area contributed by atoms with Crippen LogP contribution in [0.1, 0.15) is 11.1 Å². The monoisotopic (exact) mass is 446 g/mol. The fraction of sp³-hybridized carbons (Fsp3) is 0.160. The second-order valence-corrected chi connectivity index (χ2v) is 7.34. The van der Waals surface area contributed by atoms with Gasteiger partial charge in [0.2, 0.25) is 0 Å². The van der Waals surface area contributed by atoms with Crippen molar-refractivity contribution in [2.75, 3.05) is 20.8 Å². The predicted molar refractivity (Wildman–Crippen MR) is 122 cm³/mol. The second kappa shape index (κ2) is 9.44. The number of carbonyl (C=O) groups is 3. The Balaban J connectivity index is 1.49. The summed E-state index contributed by atoms with van der Waals surface area (Å²) in [5.74, 6) is -0.273. The Morgan fingerprint density at radius 1 is 0.970 bits per heavy atom. The highest BCUT2D eigenvalue weighted by Crippen LogP contribution is 2.30. The van der Waals surface area contributed by atoms with Crippen LogP contribution in [0.2, 0.25) is 0 Å². The van der Waals surface area contributed by atoms with Crippen molar-refractivity contribution in [3.8, 4) is 11.5 Å². The second-order valence-electron chi connectivity index (χ2n) is 7.34. The Morgan fingerprint density at radius 3 is 2.52 bits per heavy atom. The Labute approximate surface area is 190 Å². The van der Waals surface area contributed by atoms with Crippen LogP contribution in [-0.2, 0) is 20.9 Å². The van der Waals surface area contributed by atoms with E-state index in [1.54, 1.807) is 18.2 Å². The molecular weight excluding hydrogens is 424 g/mol. The van der Waals surface area contributed by atoms with Crippen molar-refractivity contribution in [3.63, 3.8) is 0 Å². The molecule has 0 radical (unpaired) electrons. The van der Waals surface area contributed by atoms with Gasteiger partial charge in [-0.1, -0.05) is 42.5 Å². The van der Waals surface area contributed by atoms with E-state index in [0.29, 0.717) is 23.7 Å².